The van der Waals surface area contributed by atoms with Crippen molar-refractivity contribution in [1.29, 1.82) is 0 Å². The topological polar surface area (TPSA) is 157 Å². The van der Waals surface area contributed by atoms with Crippen LogP contribution in [0.25, 0.3) is 5.69 Å². The Kier molecular flexibility index (Phi) is 7.54. The normalized spacial score (nSPS) is 12.5. The maximum absolute atomic E-state index is 12.9. The van der Waals surface area contributed by atoms with Crippen LogP contribution in [0.5, 0.6) is 0 Å². The zero-order valence-corrected chi connectivity index (χ0v) is 19.9. The van der Waals surface area contributed by atoms with Crippen molar-refractivity contribution >= 4 is 21.9 Å². The minimum atomic E-state index is -4.13. The molecule has 182 valence electrons. The Morgan fingerprint density at radius 3 is 2.18 bits per heavy atom. The van der Waals surface area contributed by atoms with Crippen molar-refractivity contribution in [3.05, 3.63) is 75.2 Å². The molecule has 0 aliphatic heterocycles. The molecule has 0 amide bonds. The van der Waals surface area contributed by atoms with E-state index in [1.165, 1.54) is 35.2 Å². The van der Waals surface area contributed by atoms with E-state index in [9.17, 15) is 28.5 Å². The lowest BCUT2D eigenvalue weighted by Crippen LogP contribution is -2.56. The molecular weight excluding hydrogens is 460 g/mol. The fourth-order valence-electron chi connectivity index (χ4n) is 3.20. The fraction of sp³-hybridized carbons (Fsp3) is 0.304. The van der Waals surface area contributed by atoms with Gasteiger partial charge in [0.2, 0.25) is 10.0 Å². The summed E-state index contributed by atoms with van der Waals surface area (Å²) < 4.78 is 28.7. The molecule has 1 aromatic heterocycles. The molecule has 0 aliphatic carbocycles. The predicted octanol–water partition coefficient (Wildman–Crippen LogP) is 0.835. The van der Waals surface area contributed by atoms with Gasteiger partial charge in [0.1, 0.15) is 5.54 Å². The highest BCUT2D eigenvalue weighted by Gasteiger charge is 2.33. The molecule has 0 radical (unpaired) electrons. The Labute approximate surface area is 197 Å². The van der Waals surface area contributed by atoms with Crippen LogP contribution >= 0.6 is 0 Å². The van der Waals surface area contributed by atoms with E-state index in [0.717, 1.165) is 11.1 Å². The van der Waals surface area contributed by atoms with E-state index in [2.05, 4.69) is 14.8 Å². The highest BCUT2D eigenvalue weighted by molar-refractivity contribution is 7.89. The highest BCUT2D eigenvalue weighted by Crippen LogP contribution is 2.19. The van der Waals surface area contributed by atoms with E-state index in [1.54, 1.807) is 6.92 Å². The number of aliphatic hydroxyl groups excluding tert-OH is 3. The van der Waals surface area contributed by atoms with E-state index in [0.29, 0.717) is 22.6 Å². The molecular formula is C23H28N4O6S. The number of hydrogen-bond acceptors (Lipinski definition) is 7. The largest absolute Gasteiger partial charge is 0.394 e. The van der Waals surface area contributed by atoms with E-state index in [1.807, 2.05) is 32.0 Å². The summed E-state index contributed by atoms with van der Waals surface area (Å²) in [6, 6.07) is 11.2. The Morgan fingerprint density at radius 1 is 1.00 bits per heavy atom. The van der Waals surface area contributed by atoms with Crippen LogP contribution in [-0.4, -0.2) is 65.1 Å². The summed E-state index contributed by atoms with van der Waals surface area (Å²) in [6.07, 6.45) is 1.42. The number of sulfonamides is 1. The van der Waals surface area contributed by atoms with Crippen molar-refractivity contribution in [1.82, 2.24) is 14.5 Å². The average Bonchev–Trinajstić information content (AvgIpc) is 3.11. The van der Waals surface area contributed by atoms with Crippen molar-refractivity contribution in [3.63, 3.8) is 0 Å². The van der Waals surface area contributed by atoms with E-state index >= 15 is 0 Å². The molecule has 3 rings (SSSR count). The molecule has 0 unspecified atom stereocenters. The van der Waals surface area contributed by atoms with Crippen LogP contribution < -0.4 is 10.3 Å². The summed E-state index contributed by atoms with van der Waals surface area (Å²) in [4.78, 5) is 17.1. The van der Waals surface area contributed by atoms with E-state index in [-0.39, 0.29) is 10.5 Å². The number of benzene rings is 2. The third-order valence-electron chi connectivity index (χ3n) is 5.61. The van der Waals surface area contributed by atoms with Gasteiger partial charge in [-0.3, -0.25) is 14.9 Å². The highest BCUT2D eigenvalue weighted by atomic mass is 32.2. The van der Waals surface area contributed by atoms with Crippen molar-refractivity contribution in [2.24, 2.45) is 4.99 Å². The quantitative estimate of drug-likeness (QED) is 0.281. The molecule has 0 fully saturated rings. The van der Waals surface area contributed by atoms with Crippen LogP contribution in [0.3, 0.4) is 0 Å². The van der Waals surface area contributed by atoms with Gasteiger partial charge in [0.25, 0.3) is 5.56 Å². The van der Waals surface area contributed by atoms with Crippen LogP contribution in [-0.2, 0) is 10.0 Å². The van der Waals surface area contributed by atoms with Gasteiger partial charge in [0, 0.05) is 11.9 Å². The van der Waals surface area contributed by atoms with Crippen molar-refractivity contribution < 1.29 is 23.7 Å². The van der Waals surface area contributed by atoms with Crippen LogP contribution in [0.4, 0.5) is 5.69 Å². The number of aryl methyl sites for hydroxylation is 3. The molecule has 1 heterocycles. The second-order valence-corrected chi connectivity index (χ2v) is 9.85. The minimum absolute atomic E-state index is 0.138. The van der Waals surface area contributed by atoms with Crippen LogP contribution in [0.15, 0.2) is 57.1 Å². The number of aromatic amines is 1. The first-order valence-electron chi connectivity index (χ1n) is 10.5. The van der Waals surface area contributed by atoms with Crippen LogP contribution in [0.1, 0.15) is 22.4 Å². The smallest absolute Gasteiger partial charge is 0.280 e. The number of rotatable bonds is 9. The van der Waals surface area contributed by atoms with Gasteiger partial charge >= 0.3 is 0 Å². The Morgan fingerprint density at radius 2 is 1.62 bits per heavy atom. The fourth-order valence-corrected chi connectivity index (χ4v) is 4.58. The Hall–Kier alpha value is -3.09. The lowest BCUT2D eigenvalue weighted by atomic mass is 10.1. The van der Waals surface area contributed by atoms with Gasteiger partial charge in [-0.25, -0.2) is 13.1 Å². The van der Waals surface area contributed by atoms with Crippen LogP contribution in [0, 0.1) is 20.8 Å². The molecule has 11 heteroatoms. The van der Waals surface area contributed by atoms with Gasteiger partial charge in [0.15, 0.2) is 0 Å². The lowest BCUT2D eigenvalue weighted by Gasteiger charge is -2.28. The summed E-state index contributed by atoms with van der Waals surface area (Å²) in [5.41, 5.74) is 2.26. The third-order valence-corrected chi connectivity index (χ3v) is 7.21. The molecule has 5 N–H and O–H groups in total. The molecule has 0 atom stereocenters. The summed E-state index contributed by atoms with van der Waals surface area (Å²) in [5.74, 6) is 0. The summed E-state index contributed by atoms with van der Waals surface area (Å²) >= 11 is 0. The molecule has 34 heavy (non-hydrogen) atoms. The number of aliphatic imine (C=N–C) groups is 1. The molecule has 0 spiro atoms. The molecule has 0 bridgehead atoms. The Balaban J connectivity index is 1.84. The second kappa shape index (κ2) is 10.0. The van der Waals surface area contributed by atoms with Gasteiger partial charge in [-0.1, -0.05) is 6.07 Å². The van der Waals surface area contributed by atoms with Crippen LogP contribution in [0.2, 0.25) is 0 Å². The second-order valence-electron chi connectivity index (χ2n) is 8.17. The molecule has 3 aromatic rings. The van der Waals surface area contributed by atoms with E-state index in [4.69, 9.17) is 0 Å². The third kappa shape index (κ3) is 5.18. The summed E-state index contributed by atoms with van der Waals surface area (Å²) in [5, 5.41) is 31.1. The van der Waals surface area contributed by atoms with Gasteiger partial charge in [-0.05, 0) is 68.3 Å². The Bertz CT molecular complexity index is 1340. The first-order chi connectivity index (χ1) is 16.1. The first-order valence-corrected chi connectivity index (χ1v) is 11.9. The van der Waals surface area contributed by atoms with Gasteiger partial charge in [-0.2, -0.15) is 4.72 Å². The van der Waals surface area contributed by atoms with Crippen molar-refractivity contribution in [3.8, 4) is 5.69 Å². The maximum atomic E-state index is 12.9. The summed E-state index contributed by atoms with van der Waals surface area (Å²) in [6.45, 7) is 3.39. The lowest BCUT2D eigenvalue weighted by molar-refractivity contribution is 0.0582. The van der Waals surface area contributed by atoms with Crippen molar-refractivity contribution in [2.45, 2.75) is 31.2 Å². The number of aliphatic hydroxyl groups is 3. The zero-order chi connectivity index (χ0) is 25.1. The zero-order valence-electron chi connectivity index (χ0n) is 19.1. The average molecular weight is 489 g/mol. The van der Waals surface area contributed by atoms with Gasteiger partial charge in [0.05, 0.1) is 41.7 Å². The molecule has 0 saturated carbocycles. The van der Waals surface area contributed by atoms with Gasteiger partial charge in [-0.15, -0.1) is 0 Å². The van der Waals surface area contributed by atoms with E-state index < -0.39 is 35.4 Å². The van der Waals surface area contributed by atoms with Gasteiger partial charge < -0.3 is 15.3 Å². The molecule has 10 nitrogen and oxygen atoms in total. The number of nitrogens with zero attached hydrogens (tertiary/aromatic N) is 2. The maximum Gasteiger partial charge on any atom is 0.280 e. The number of hydrogen-bond donors (Lipinski definition) is 5. The standard InChI is InChI=1S/C23H28N4O6S/c1-15-4-7-19(10-16(15)2)27-22(31)21(17(3)25-27)11-24-18-5-8-20(9-6-18)34(32,33)26-23(12-28,13-29)14-30/h4-11,25-26,28-30H,12-14H2,1-3H3. The molecule has 2 aromatic carbocycles. The molecule has 0 saturated heterocycles. The first kappa shape index (κ1) is 25.5. The number of aromatic nitrogens is 2. The predicted molar refractivity (Wildman–Crippen MR) is 129 cm³/mol. The monoisotopic (exact) mass is 488 g/mol. The number of nitrogens with one attached hydrogen (secondary N) is 2. The SMILES string of the molecule is Cc1ccc(-n2[nH]c(C)c(C=Nc3ccc(S(=O)(=O)NC(CO)(CO)CO)cc3)c2=O)cc1C. The minimum Gasteiger partial charge on any atom is -0.394 e. The summed E-state index contributed by atoms with van der Waals surface area (Å²) in [7, 11) is -4.13. The van der Waals surface area contributed by atoms with Crippen molar-refractivity contribution in [2.75, 3.05) is 19.8 Å². The molecule has 0 aliphatic rings. The number of H-pyrrole nitrogens is 1.